The predicted octanol–water partition coefficient (Wildman–Crippen LogP) is 2.17. The van der Waals surface area contributed by atoms with Crippen molar-refractivity contribution in [2.75, 3.05) is 6.61 Å². The van der Waals surface area contributed by atoms with E-state index in [1.54, 1.807) is 26.0 Å². The largest absolute Gasteiger partial charge is 0.462 e. The first-order chi connectivity index (χ1) is 8.52. The number of aromatic nitrogens is 2. The summed E-state index contributed by atoms with van der Waals surface area (Å²) in [5.41, 5.74) is 1.60. The Morgan fingerprint density at radius 2 is 2.22 bits per heavy atom. The van der Waals surface area contributed by atoms with Crippen LogP contribution < -0.4 is 5.56 Å². The number of rotatable bonds is 2. The minimum Gasteiger partial charge on any atom is -0.462 e. The fourth-order valence-electron chi connectivity index (χ4n) is 1.57. The number of carbonyl (C=O) groups excluding carboxylic acids is 1. The standard InChI is InChI=1S/C12H11BrN2O3/c1-3-18-12(17)7-4-8(13)10-9(5-7)15-11(16)6(2)14-10/h4-5H,3H2,1-2H3,(H,15,16). The highest BCUT2D eigenvalue weighted by molar-refractivity contribution is 9.10. The van der Waals surface area contributed by atoms with Crippen LogP contribution in [0, 0.1) is 6.92 Å². The molecule has 6 heteroatoms. The average Bonchev–Trinajstić information content (AvgIpc) is 2.32. The Labute approximate surface area is 111 Å². The molecule has 1 aromatic heterocycles. The summed E-state index contributed by atoms with van der Waals surface area (Å²) in [6, 6.07) is 3.19. The molecular weight excluding hydrogens is 300 g/mol. The van der Waals surface area contributed by atoms with Gasteiger partial charge in [-0.1, -0.05) is 0 Å². The molecule has 0 unspecified atom stereocenters. The van der Waals surface area contributed by atoms with Crippen LogP contribution in [0.15, 0.2) is 21.4 Å². The monoisotopic (exact) mass is 310 g/mol. The molecule has 1 heterocycles. The lowest BCUT2D eigenvalue weighted by Gasteiger charge is -2.05. The van der Waals surface area contributed by atoms with Crippen LogP contribution in [0.2, 0.25) is 0 Å². The van der Waals surface area contributed by atoms with Crippen LogP contribution in [0.25, 0.3) is 11.0 Å². The summed E-state index contributed by atoms with van der Waals surface area (Å²) in [7, 11) is 0. The molecule has 1 N–H and O–H groups in total. The van der Waals surface area contributed by atoms with E-state index in [1.807, 2.05) is 0 Å². The molecule has 0 atom stereocenters. The topological polar surface area (TPSA) is 72.0 Å². The van der Waals surface area contributed by atoms with Crippen molar-refractivity contribution >= 4 is 32.9 Å². The number of ether oxygens (including phenoxy) is 1. The van der Waals surface area contributed by atoms with Crippen molar-refractivity contribution in [3.05, 3.63) is 38.2 Å². The van der Waals surface area contributed by atoms with E-state index in [0.717, 1.165) is 0 Å². The number of H-pyrrole nitrogens is 1. The van der Waals surface area contributed by atoms with E-state index < -0.39 is 5.97 Å². The number of hydrogen-bond acceptors (Lipinski definition) is 4. The van der Waals surface area contributed by atoms with Gasteiger partial charge in [0.2, 0.25) is 0 Å². The van der Waals surface area contributed by atoms with Crippen LogP contribution in [-0.2, 0) is 4.74 Å². The first-order valence-electron chi connectivity index (χ1n) is 5.40. The molecular formula is C12H11BrN2O3. The number of carbonyl (C=O) groups is 1. The van der Waals surface area contributed by atoms with Crippen molar-refractivity contribution in [2.24, 2.45) is 0 Å². The van der Waals surface area contributed by atoms with Gasteiger partial charge in [0, 0.05) is 4.47 Å². The van der Waals surface area contributed by atoms with Crippen molar-refractivity contribution in [2.45, 2.75) is 13.8 Å². The van der Waals surface area contributed by atoms with E-state index in [1.165, 1.54) is 0 Å². The van der Waals surface area contributed by atoms with Gasteiger partial charge >= 0.3 is 5.97 Å². The van der Waals surface area contributed by atoms with Crippen LogP contribution >= 0.6 is 15.9 Å². The summed E-state index contributed by atoms with van der Waals surface area (Å²) in [6.45, 7) is 3.67. The number of fused-ring (bicyclic) bond motifs is 1. The van der Waals surface area contributed by atoms with Crippen molar-refractivity contribution in [1.29, 1.82) is 0 Å². The molecule has 0 fully saturated rings. The van der Waals surface area contributed by atoms with Gasteiger partial charge in [-0.05, 0) is 41.9 Å². The van der Waals surface area contributed by atoms with Gasteiger partial charge in [0.05, 0.1) is 17.7 Å². The Morgan fingerprint density at radius 1 is 1.50 bits per heavy atom. The number of aryl methyl sites for hydroxylation is 1. The fraction of sp³-hybridized carbons (Fsp3) is 0.250. The molecule has 0 aliphatic carbocycles. The maximum absolute atomic E-state index is 11.6. The van der Waals surface area contributed by atoms with Gasteiger partial charge in [0.15, 0.2) is 0 Å². The second-order valence-corrected chi connectivity index (χ2v) is 4.58. The molecule has 1 aromatic carbocycles. The van der Waals surface area contributed by atoms with Crippen LogP contribution in [0.1, 0.15) is 23.0 Å². The highest BCUT2D eigenvalue weighted by atomic mass is 79.9. The van der Waals surface area contributed by atoms with Gasteiger partial charge < -0.3 is 9.72 Å². The summed E-state index contributed by atoms with van der Waals surface area (Å²) in [5, 5.41) is 0. The normalized spacial score (nSPS) is 10.6. The third kappa shape index (κ3) is 2.28. The molecule has 0 aliphatic rings. The SMILES string of the molecule is CCOC(=O)c1cc(Br)c2nc(C)c(=O)[nH]c2c1. The lowest BCUT2D eigenvalue weighted by molar-refractivity contribution is 0.0526. The smallest absolute Gasteiger partial charge is 0.338 e. The fourth-order valence-corrected chi connectivity index (χ4v) is 2.12. The molecule has 0 amide bonds. The highest BCUT2D eigenvalue weighted by Crippen LogP contribution is 2.22. The molecule has 0 spiro atoms. The first kappa shape index (κ1) is 12.8. The van der Waals surface area contributed by atoms with Gasteiger partial charge in [-0.15, -0.1) is 0 Å². The molecule has 0 aliphatic heterocycles. The number of nitrogens with one attached hydrogen (secondary N) is 1. The van der Waals surface area contributed by atoms with Crippen LogP contribution in [0.3, 0.4) is 0 Å². The molecule has 94 valence electrons. The summed E-state index contributed by atoms with van der Waals surface area (Å²) < 4.78 is 5.55. The summed E-state index contributed by atoms with van der Waals surface area (Å²) in [4.78, 5) is 30.0. The van der Waals surface area contributed by atoms with Crippen molar-refractivity contribution in [1.82, 2.24) is 9.97 Å². The van der Waals surface area contributed by atoms with E-state index in [-0.39, 0.29) is 5.56 Å². The average molecular weight is 311 g/mol. The zero-order chi connectivity index (χ0) is 13.3. The Morgan fingerprint density at radius 3 is 2.89 bits per heavy atom. The summed E-state index contributed by atoms with van der Waals surface area (Å²) in [6.07, 6.45) is 0. The zero-order valence-electron chi connectivity index (χ0n) is 9.91. The molecule has 2 aromatic rings. The van der Waals surface area contributed by atoms with Gasteiger partial charge in [0.25, 0.3) is 5.56 Å². The van der Waals surface area contributed by atoms with E-state index >= 15 is 0 Å². The second-order valence-electron chi connectivity index (χ2n) is 3.73. The summed E-state index contributed by atoms with van der Waals surface area (Å²) in [5.74, 6) is -0.429. The number of esters is 1. The maximum atomic E-state index is 11.6. The number of nitrogens with zero attached hydrogens (tertiary/aromatic N) is 1. The lowest BCUT2D eigenvalue weighted by Crippen LogP contribution is -2.12. The van der Waals surface area contributed by atoms with Crippen LogP contribution in [0.5, 0.6) is 0 Å². The molecule has 0 radical (unpaired) electrons. The minimum absolute atomic E-state index is 0.268. The molecule has 0 saturated carbocycles. The number of aromatic amines is 1. The van der Waals surface area contributed by atoms with Crippen LogP contribution in [-0.4, -0.2) is 22.5 Å². The van der Waals surface area contributed by atoms with E-state index in [0.29, 0.717) is 33.4 Å². The van der Waals surface area contributed by atoms with Gasteiger partial charge in [-0.25, -0.2) is 9.78 Å². The highest BCUT2D eigenvalue weighted by Gasteiger charge is 2.12. The minimum atomic E-state index is -0.429. The van der Waals surface area contributed by atoms with Crippen molar-refractivity contribution in [3.63, 3.8) is 0 Å². The second kappa shape index (κ2) is 4.89. The third-order valence-electron chi connectivity index (χ3n) is 2.43. The maximum Gasteiger partial charge on any atom is 0.338 e. The molecule has 2 rings (SSSR count). The third-order valence-corrected chi connectivity index (χ3v) is 3.04. The van der Waals surface area contributed by atoms with E-state index in [9.17, 15) is 9.59 Å². The van der Waals surface area contributed by atoms with Gasteiger partial charge in [0.1, 0.15) is 11.2 Å². The number of benzene rings is 1. The van der Waals surface area contributed by atoms with E-state index in [2.05, 4.69) is 25.9 Å². The van der Waals surface area contributed by atoms with Crippen molar-refractivity contribution < 1.29 is 9.53 Å². The first-order valence-corrected chi connectivity index (χ1v) is 6.19. The van der Waals surface area contributed by atoms with Gasteiger partial charge in [-0.3, -0.25) is 4.79 Å². The number of hydrogen-bond donors (Lipinski definition) is 1. The number of halogens is 1. The molecule has 5 nitrogen and oxygen atoms in total. The van der Waals surface area contributed by atoms with E-state index in [4.69, 9.17) is 4.74 Å². The quantitative estimate of drug-likeness (QED) is 0.863. The van der Waals surface area contributed by atoms with Crippen LogP contribution in [0.4, 0.5) is 0 Å². The summed E-state index contributed by atoms with van der Waals surface area (Å²) >= 11 is 3.33. The molecule has 18 heavy (non-hydrogen) atoms. The predicted molar refractivity (Wildman–Crippen MR) is 70.8 cm³/mol. The Hall–Kier alpha value is -1.69. The Kier molecular flexibility index (Phi) is 3.47. The Bertz CT molecular complexity index is 679. The van der Waals surface area contributed by atoms with Gasteiger partial charge in [-0.2, -0.15) is 0 Å². The molecule has 0 saturated heterocycles. The van der Waals surface area contributed by atoms with Crippen molar-refractivity contribution in [3.8, 4) is 0 Å². The Balaban J connectivity index is 2.65. The zero-order valence-corrected chi connectivity index (χ0v) is 11.5. The molecule has 0 bridgehead atoms. The lowest BCUT2D eigenvalue weighted by atomic mass is 10.2.